The van der Waals surface area contributed by atoms with E-state index in [1.165, 1.54) is 31.9 Å². The summed E-state index contributed by atoms with van der Waals surface area (Å²) in [6.45, 7) is 4.44. The molecule has 1 aromatic heterocycles. The van der Waals surface area contributed by atoms with Gasteiger partial charge in [-0.05, 0) is 24.5 Å². The molecule has 0 bridgehead atoms. The highest BCUT2D eigenvalue weighted by molar-refractivity contribution is 7.99. The number of pyridine rings is 1. The Hall–Kier alpha value is -1.03. The van der Waals surface area contributed by atoms with Gasteiger partial charge in [-0.1, -0.05) is 33.1 Å². The zero-order valence-corrected chi connectivity index (χ0v) is 11.9. The van der Waals surface area contributed by atoms with E-state index in [1.54, 1.807) is 23.9 Å². The maximum absolute atomic E-state index is 10.7. The molecular weight excluding hydrogens is 246 g/mol. The number of carbonyl (C=O) groups is 1. The molecule has 1 N–H and O–H groups in total. The lowest BCUT2D eigenvalue weighted by molar-refractivity contribution is 0.0696. The van der Waals surface area contributed by atoms with Crippen LogP contribution in [0.15, 0.2) is 23.4 Å². The number of aromatic carboxylic acids is 1. The quantitative estimate of drug-likeness (QED) is 0.721. The molecule has 1 aromatic rings. The van der Waals surface area contributed by atoms with Gasteiger partial charge in [-0.2, -0.15) is 0 Å². The minimum Gasteiger partial charge on any atom is -0.478 e. The molecule has 0 aliphatic carbocycles. The molecule has 0 aromatic carbocycles. The molecule has 0 spiro atoms. The first kappa shape index (κ1) is 15.0. The molecule has 18 heavy (non-hydrogen) atoms. The summed E-state index contributed by atoms with van der Waals surface area (Å²) < 4.78 is 0. The van der Waals surface area contributed by atoms with Gasteiger partial charge in [0, 0.05) is 11.9 Å². The highest BCUT2D eigenvalue weighted by Crippen LogP contribution is 2.23. The zero-order chi connectivity index (χ0) is 13.4. The Morgan fingerprint density at radius 3 is 2.72 bits per heavy atom. The van der Waals surface area contributed by atoms with Gasteiger partial charge in [0.1, 0.15) is 0 Å². The summed E-state index contributed by atoms with van der Waals surface area (Å²) in [7, 11) is 0. The van der Waals surface area contributed by atoms with Crippen molar-refractivity contribution in [3.05, 3.63) is 23.9 Å². The van der Waals surface area contributed by atoms with Crippen molar-refractivity contribution >= 4 is 17.7 Å². The van der Waals surface area contributed by atoms with Gasteiger partial charge in [0.2, 0.25) is 0 Å². The number of carboxylic acids is 1. The summed E-state index contributed by atoms with van der Waals surface area (Å²) in [6.07, 6.45) is 6.42. The standard InChI is InChI=1S/C14H21NO2S/c1-3-5-6-11(4-2)10-18-13-8-7-12(9-15-13)14(16)17/h7-9,11H,3-6,10H2,1-2H3,(H,16,17). The van der Waals surface area contributed by atoms with Gasteiger partial charge in [0.05, 0.1) is 10.6 Å². The Labute approximate surface area is 113 Å². The van der Waals surface area contributed by atoms with Gasteiger partial charge in [0.25, 0.3) is 0 Å². The van der Waals surface area contributed by atoms with Gasteiger partial charge in [-0.25, -0.2) is 9.78 Å². The Morgan fingerprint density at radius 2 is 2.22 bits per heavy atom. The molecule has 100 valence electrons. The third-order valence-corrected chi connectivity index (χ3v) is 4.17. The van der Waals surface area contributed by atoms with Gasteiger partial charge in [0.15, 0.2) is 0 Å². The topological polar surface area (TPSA) is 50.2 Å². The molecule has 1 rings (SSSR count). The molecule has 1 atom stereocenters. The number of unbranched alkanes of at least 4 members (excludes halogenated alkanes) is 1. The van der Waals surface area contributed by atoms with Crippen LogP contribution < -0.4 is 0 Å². The molecule has 0 saturated heterocycles. The molecule has 0 aliphatic rings. The van der Waals surface area contributed by atoms with Crippen molar-refractivity contribution < 1.29 is 9.90 Å². The maximum atomic E-state index is 10.7. The lowest BCUT2D eigenvalue weighted by atomic mass is 10.0. The Kier molecular flexibility index (Phi) is 6.80. The molecular formula is C14H21NO2S. The van der Waals surface area contributed by atoms with Crippen LogP contribution in [0.1, 0.15) is 49.9 Å². The second-order valence-electron chi connectivity index (χ2n) is 4.42. The first-order valence-corrected chi connectivity index (χ1v) is 7.48. The van der Waals surface area contributed by atoms with Gasteiger partial charge < -0.3 is 5.11 Å². The Balaban J connectivity index is 2.44. The van der Waals surface area contributed by atoms with E-state index in [0.29, 0.717) is 0 Å². The number of hydrogen-bond donors (Lipinski definition) is 1. The number of carboxylic acid groups (broad SMARTS) is 1. The second kappa shape index (κ2) is 8.14. The predicted octanol–water partition coefficient (Wildman–Crippen LogP) is 4.09. The van der Waals surface area contributed by atoms with Crippen molar-refractivity contribution in [2.45, 2.75) is 44.6 Å². The van der Waals surface area contributed by atoms with Crippen molar-refractivity contribution in [3.8, 4) is 0 Å². The third-order valence-electron chi connectivity index (χ3n) is 2.99. The fourth-order valence-corrected chi connectivity index (χ4v) is 2.79. The largest absolute Gasteiger partial charge is 0.478 e. The lowest BCUT2D eigenvalue weighted by Crippen LogP contribution is -2.03. The lowest BCUT2D eigenvalue weighted by Gasteiger charge is -2.13. The second-order valence-corrected chi connectivity index (χ2v) is 5.46. The van der Waals surface area contributed by atoms with E-state index in [9.17, 15) is 4.79 Å². The van der Waals surface area contributed by atoms with E-state index >= 15 is 0 Å². The molecule has 1 heterocycles. The van der Waals surface area contributed by atoms with Crippen molar-refractivity contribution in [1.29, 1.82) is 0 Å². The third kappa shape index (κ3) is 5.08. The normalized spacial score (nSPS) is 12.3. The Morgan fingerprint density at radius 1 is 1.44 bits per heavy atom. The van der Waals surface area contributed by atoms with E-state index in [2.05, 4.69) is 18.8 Å². The van der Waals surface area contributed by atoms with Crippen LogP contribution in [0.2, 0.25) is 0 Å². The van der Waals surface area contributed by atoms with Crippen LogP contribution >= 0.6 is 11.8 Å². The molecule has 0 fully saturated rings. The maximum Gasteiger partial charge on any atom is 0.337 e. The van der Waals surface area contributed by atoms with Crippen molar-refractivity contribution in [2.24, 2.45) is 5.92 Å². The van der Waals surface area contributed by atoms with Gasteiger partial charge >= 0.3 is 5.97 Å². The minimum atomic E-state index is -0.923. The number of aromatic nitrogens is 1. The average molecular weight is 267 g/mol. The van der Waals surface area contributed by atoms with E-state index in [-0.39, 0.29) is 5.56 Å². The zero-order valence-electron chi connectivity index (χ0n) is 11.1. The van der Waals surface area contributed by atoms with Crippen LogP contribution in [0, 0.1) is 5.92 Å². The van der Waals surface area contributed by atoms with Crippen LogP contribution in [0.5, 0.6) is 0 Å². The number of thioether (sulfide) groups is 1. The van der Waals surface area contributed by atoms with E-state index in [4.69, 9.17) is 5.11 Å². The SMILES string of the molecule is CCCCC(CC)CSc1ccc(C(=O)O)cn1. The summed E-state index contributed by atoms with van der Waals surface area (Å²) in [5, 5.41) is 9.69. The van der Waals surface area contributed by atoms with Crippen LogP contribution in [0.25, 0.3) is 0 Å². The number of nitrogens with zero attached hydrogens (tertiary/aromatic N) is 1. The monoisotopic (exact) mass is 267 g/mol. The first-order valence-electron chi connectivity index (χ1n) is 6.49. The summed E-state index contributed by atoms with van der Waals surface area (Å²) in [6, 6.07) is 3.41. The van der Waals surface area contributed by atoms with Gasteiger partial charge in [-0.3, -0.25) is 0 Å². The summed E-state index contributed by atoms with van der Waals surface area (Å²) in [4.78, 5) is 14.9. The molecule has 1 unspecified atom stereocenters. The molecule has 3 nitrogen and oxygen atoms in total. The molecule has 0 saturated carbocycles. The van der Waals surface area contributed by atoms with Gasteiger partial charge in [-0.15, -0.1) is 11.8 Å². The number of rotatable bonds is 8. The van der Waals surface area contributed by atoms with E-state index in [0.717, 1.165) is 16.7 Å². The van der Waals surface area contributed by atoms with Crippen molar-refractivity contribution in [3.63, 3.8) is 0 Å². The van der Waals surface area contributed by atoms with E-state index < -0.39 is 5.97 Å². The highest BCUT2D eigenvalue weighted by Gasteiger charge is 2.08. The highest BCUT2D eigenvalue weighted by atomic mass is 32.2. The molecule has 0 aliphatic heterocycles. The minimum absolute atomic E-state index is 0.248. The predicted molar refractivity (Wildman–Crippen MR) is 75.2 cm³/mol. The molecule has 0 amide bonds. The fourth-order valence-electron chi connectivity index (χ4n) is 1.69. The Bertz CT molecular complexity index is 365. The van der Waals surface area contributed by atoms with E-state index in [1.807, 2.05) is 0 Å². The summed E-state index contributed by atoms with van der Waals surface area (Å²) >= 11 is 1.72. The van der Waals surface area contributed by atoms with Crippen molar-refractivity contribution in [1.82, 2.24) is 4.98 Å². The summed E-state index contributed by atoms with van der Waals surface area (Å²) in [5.41, 5.74) is 0.248. The van der Waals surface area contributed by atoms with Crippen LogP contribution in [0.4, 0.5) is 0 Å². The molecule has 0 radical (unpaired) electrons. The van der Waals surface area contributed by atoms with Crippen molar-refractivity contribution in [2.75, 3.05) is 5.75 Å². The van der Waals surface area contributed by atoms with Crippen LogP contribution in [-0.4, -0.2) is 21.8 Å². The smallest absolute Gasteiger partial charge is 0.337 e. The fraction of sp³-hybridized carbons (Fsp3) is 0.571. The number of hydrogen-bond acceptors (Lipinski definition) is 3. The first-order chi connectivity index (χ1) is 8.67. The molecule has 4 heteroatoms. The summed E-state index contributed by atoms with van der Waals surface area (Å²) in [5.74, 6) is 0.875. The van der Waals surface area contributed by atoms with Crippen LogP contribution in [0.3, 0.4) is 0 Å². The average Bonchev–Trinajstić information content (AvgIpc) is 2.39. The van der Waals surface area contributed by atoms with Crippen LogP contribution in [-0.2, 0) is 0 Å².